The van der Waals surface area contributed by atoms with Gasteiger partial charge in [-0.3, -0.25) is 9.59 Å². The van der Waals surface area contributed by atoms with E-state index in [0.717, 1.165) is 64.2 Å². The number of rotatable bonds is 7. The average Bonchev–Trinajstić information content (AvgIpc) is 3.11. The third-order valence-electron chi connectivity index (χ3n) is 9.01. The van der Waals surface area contributed by atoms with Crippen molar-refractivity contribution in [3.05, 3.63) is 23.8 Å². The zero-order valence-corrected chi connectivity index (χ0v) is 19.3. The van der Waals surface area contributed by atoms with Crippen molar-refractivity contribution in [1.29, 1.82) is 0 Å². The third-order valence-corrected chi connectivity index (χ3v) is 9.01. The first kappa shape index (κ1) is 22.4. The number of unbranched alkanes of at least 4 members (excludes halogenated alkanes) is 3. The maximum absolute atomic E-state index is 12.8. The van der Waals surface area contributed by atoms with Gasteiger partial charge in [0, 0.05) is 18.3 Å². The van der Waals surface area contributed by atoms with E-state index in [1.165, 1.54) is 5.57 Å². The first-order chi connectivity index (χ1) is 15.0. The highest BCUT2D eigenvalue weighted by atomic mass is 16.6. The van der Waals surface area contributed by atoms with Crippen molar-refractivity contribution in [1.82, 2.24) is 0 Å². The minimum Gasteiger partial charge on any atom is -0.441 e. The quantitative estimate of drug-likeness (QED) is 0.213. The van der Waals surface area contributed by atoms with Crippen LogP contribution in [0.25, 0.3) is 0 Å². The van der Waals surface area contributed by atoms with Gasteiger partial charge in [0.2, 0.25) is 0 Å². The lowest BCUT2D eigenvalue weighted by atomic mass is 9.49. The van der Waals surface area contributed by atoms with Gasteiger partial charge in [0.25, 0.3) is 0 Å². The fourth-order valence-corrected chi connectivity index (χ4v) is 7.45. The van der Waals surface area contributed by atoms with E-state index in [1.54, 1.807) is 0 Å². The van der Waals surface area contributed by atoms with Gasteiger partial charge in [0.05, 0.1) is 0 Å². The minimum atomic E-state index is -0.905. The summed E-state index contributed by atoms with van der Waals surface area (Å²) in [7, 11) is 0. The molecule has 31 heavy (non-hydrogen) atoms. The van der Waals surface area contributed by atoms with Gasteiger partial charge in [-0.05, 0) is 80.8 Å². The number of fused-ring (bicyclic) bond motifs is 5. The molecule has 0 saturated heterocycles. The molecular weight excluding hydrogens is 384 g/mol. The molecule has 0 N–H and O–H groups in total. The molecule has 168 valence electrons. The molecule has 2 saturated carbocycles. The van der Waals surface area contributed by atoms with E-state index in [1.807, 2.05) is 6.08 Å². The van der Waals surface area contributed by atoms with E-state index < -0.39 is 5.60 Å². The van der Waals surface area contributed by atoms with E-state index >= 15 is 0 Å². The number of ether oxygens (including phenoxy) is 1. The van der Waals surface area contributed by atoms with Crippen LogP contribution in [0.15, 0.2) is 23.8 Å². The number of carbonyl (C=O) groups is 2. The molecule has 0 aromatic carbocycles. The molecule has 4 aliphatic rings. The molecule has 0 radical (unpaired) electrons. The second kappa shape index (κ2) is 8.97. The van der Waals surface area contributed by atoms with Crippen LogP contribution >= 0.6 is 0 Å². The Labute approximate surface area is 188 Å². The Morgan fingerprint density at radius 2 is 2.00 bits per heavy atom. The number of hydrogen-bond acceptors (Lipinski definition) is 3. The van der Waals surface area contributed by atoms with Gasteiger partial charge in [-0.2, -0.15) is 0 Å². The number of terminal acetylenes is 1. The molecule has 0 aliphatic heterocycles. The Kier molecular flexibility index (Phi) is 6.47. The number of carbonyl (C=O) groups excluding carboxylic acids is 2. The Hall–Kier alpha value is -1.82. The standard InChI is InChI=1S/C28H38O3/c1-4-7-8-9-10-26(30)31-28(6-3)18-16-25-24-13-11-20-19-21(29)12-14-22(20)23(24)15-17-27(25,28)5-2/h3,16,18-19,22-25H,4-5,7-15,17H2,1-2H3/t22-,23+,24+,25-,27-,28-/m0/s1. The van der Waals surface area contributed by atoms with Crippen LogP contribution in [-0.4, -0.2) is 17.4 Å². The summed E-state index contributed by atoms with van der Waals surface area (Å²) >= 11 is 0. The lowest BCUT2D eigenvalue weighted by Crippen LogP contribution is -2.55. The third kappa shape index (κ3) is 3.71. The van der Waals surface area contributed by atoms with Crippen LogP contribution in [0.1, 0.15) is 90.9 Å². The SMILES string of the molecule is C#C[C@]1(OC(=O)CCCCCC)C=C[C@H]2[C@@H]3CCC4=CC(=O)CC[C@@H]4[C@H]3CC[C@@]21CC. The lowest BCUT2D eigenvalue weighted by Gasteiger charge is -2.56. The monoisotopic (exact) mass is 422 g/mol. The highest BCUT2D eigenvalue weighted by Gasteiger charge is 2.63. The first-order valence-electron chi connectivity index (χ1n) is 12.6. The summed E-state index contributed by atoms with van der Waals surface area (Å²) in [6.45, 7) is 4.39. The van der Waals surface area contributed by atoms with Crippen LogP contribution in [-0.2, 0) is 14.3 Å². The molecular formula is C28H38O3. The average molecular weight is 423 g/mol. The Bertz CT molecular complexity index is 815. The summed E-state index contributed by atoms with van der Waals surface area (Å²) < 4.78 is 6.17. The van der Waals surface area contributed by atoms with Crippen LogP contribution < -0.4 is 0 Å². The predicted molar refractivity (Wildman–Crippen MR) is 123 cm³/mol. The molecule has 0 bridgehead atoms. The first-order valence-corrected chi connectivity index (χ1v) is 12.6. The van der Waals surface area contributed by atoms with Gasteiger partial charge in [-0.1, -0.05) is 50.7 Å². The molecule has 0 heterocycles. The topological polar surface area (TPSA) is 43.4 Å². The largest absolute Gasteiger partial charge is 0.441 e. The van der Waals surface area contributed by atoms with Crippen molar-refractivity contribution in [3.63, 3.8) is 0 Å². The number of hydrogen-bond donors (Lipinski definition) is 0. The molecule has 6 atom stereocenters. The summed E-state index contributed by atoms with van der Waals surface area (Å²) in [5.74, 6) is 5.25. The molecule has 2 fully saturated rings. The summed E-state index contributed by atoms with van der Waals surface area (Å²) in [6, 6.07) is 0. The molecule has 0 unspecified atom stereocenters. The van der Waals surface area contributed by atoms with Crippen LogP contribution in [0.3, 0.4) is 0 Å². The van der Waals surface area contributed by atoms with E-state index in [4.69, 9.17) is 11.2 Å². The second-order valence-electron chi connectivity index (χ2n) is 10.3. The zero-order valence-electron chi connectivity index (χ0n) is 19.3. The summed E-state index contributed by atoms with van der Waals surface area (Å²) in [4.78, 5) is 24.7. The van der Waals surface area contributed by atoms with E-state index in [-0.39, 0.29) is 11.4 Å². The maximum atomic E-state index is 12.8. The second-order valence-corrected chi connectivity index (χ2v) is 10.3. The Morgan fingerprint density at radius 1 is 1.16 bits per heavy atom. The van der Waals surface area contributed by atoms with Gasteiger partial charge in [-0.25, -0.2) is 0 Å². The number of esters is 1. The van der Waals surface area contributed by atoms with Crippen molar-refractivity contribution >= 4 is 11.8 Å². The van der Waals surface area contributed by atoms with Crippen molar-refractivity contribution in [2.75, 3.05) is 0 Å². The van der Waals surface area contributed by atoms with Gasteiger partial charge in [0.15, 0.2) is 11.4 Å². The van der Waals surface area contributed by atoms with Gasteiger partial charge >= 0.3 is 5.97 Å². The molecule has 0 amide bonds. The highest BCUT2D eigenvalue weighted by molar-refractivity contribution is 5.91. The van der Waals surface area contributed by atoms with Crippen LogP contribution in [0.2, 0.25) is 0 Å². The van der Waals surface area contributed by atoms with Crippen molar-refractivity contribution in [2.45, 2.75) is 96.5 Å². The highest BCUT2D eigenvalue weighted by Crippen LogP contribution is 2.64. The molecule has 4 rings (SSSR count). The van der Waals surface area contributed by atoms with E-state index in [2.05, 4.69) is 31.9 Å². The minimum absolute atomic E-state index is 0.144. The molecule has 3 heteroatoms. The Morgan fingerprint density at radius 3 is 2.74 bits per heavy atom. The normalized spacial score (nSPS) is 38.5. The molecule has 0 aromatic heterocycles. The van der Waals surface area contributed by atoms with Crippen LogP contribution in [0, 0.1) is 41.4 Å². The summed E-state index contributed by atoms with van der Waals surface area (Å²) in [5, 5.41) is 0. The smallest absolute Gasteiger partial charge is 0.307 e. The fourth-order valence-electron chi connectivity index (χ4n) is 7.45. The number of ketones is 1. The summed E-state index contributed by atoms with van der Waals surface area (Å²) in [6.07, 6.45) is 24.0. The zero-order chi connectivity index (χ0) is 22.1. The predicted octanol–water partition coefficient (Wildman–Crippen LogP) is 6.18. The maximum Gasteiger partial charge on any atom is 0.307 e. The molecule has 3 nitrogen and oxygen atoms in total. The van der Waals surface area contributed by atoms with Gasteiger partial charge in [0.1, 0.15) is 0 Å². The van der Waals surface area contributed by atoms with E-state index in [9.17, 15) is 9.59 Å². The number of allylic oxidation sites excluding steroid dienone is 3. The van der Waals surface area contributed by atoms with Crippen LogP contribution in [0.5, 0.6) is 0 Å². The van der Waals surface area contributed by atoms with Gasteiger partial charge in [-0.15, -0.1) is 6.42 Å². The van der Waals surface area contributed by atoms with Gasteiger partial charge < -0.3 is 4.74 Å². The molecule has 4 aliphatic carbocycles. The van der Waals surface area contributed by atoms with Crippen molar-refractivity contribution < 1.29 is 14.3 Å². The molecule has 0 aromatic rings. The van der Waals surface area contributed by atoms with Crippen LogP contribution in [0.4, 0.5) is 0 Å². The lowest BCUT2D eigenvalue weighted by molar-refractivity contribution is -0.168. The van der Waals surface area contributed by atoms with E-state index in [0.29, 0.717) is 42.3 Å². The Balaban J connectivity index is 1.54. The van der Waals surface area contributed by atoms with Crippen molar-refractivity contribution in [3.8, 4) is 12.3 Å². The van der Waals surface area contributed by atoms with Crippen molar-refractivity contribution in [2.24, 2.45) is 29.1 Å². The summed E-state index contributed by atoms with van der Waals surface area (Å²) in [5.41, 5.74) is 0.302. The fraction of sp³-hybridized carbons (Fsp3) is 0.714. The molecule has 0 spiro atoms.